The molecule has 0 radical (unpaired) electrons. The van der Waals surface area contributed by atoms with Crippen LogP contribution in [0.2, 0.25) is 0 Å². The lowest BCUT2D eigenvalue weighted by Crippen LogP contribution is -2.10. The van der Waals surface area contributed by atoms with Crippen LogP contribution >= 0.6 is 15.9 Å². The van der Waals surface area contributed by atoms with E-state index in [1.165, 1.54) is 5.56 Å². The summed E-state index contributed by atoms with van der Waals surface area (Å²) in [5.41, 5.74) is 1.22. The Balaban J connectivity index is 2.03. The zero-order chi connectivity index (χ0) is 14.4. The van der Waals surface area contributed by atoms with Gasteiger partial charge in [0.25, 0.3) is 0 Å². The largest absolute Gasteiger partial charge is 0.363 e. The first kappa shape index (κ1) is 14.8. The van der Waals surface area contributed by atoms with Crippen LogP contribution in [0, 0.1) is 0 Å². The van der Waals surface area contributed by atoms with Crippen LogP contribution in [-0.2, 0) is 0 Å². The van der Waals surface area contributed by atoms with Crippen LogP contribution in [0.15, 0.2) is 41.0 Å². The summed E-state index contributed by atoms with van der Waals surface area (Å²) in [5, 5.41) is 6.57. The fraction of sp³-hybridized carbons (Fsp3) is 0.333. The lowest BCUT2D eigenvalue weighted by molar-refractivity contribution is 0.869. The van der Waals surface area contributed by atoms with Gasteiger partial charge < -0.3 is 10.6 Å². The number of halogens is 1. The molecular weight excluding hydrogens is 316 g/mol. The zero-order valence-electron chi connectivity index (χ0n) is 11.7. The van der Waals surface area contributed by atoms with E-state index < -0.39 is 0 Å². The smallest absolute Gasteiger partial charge is 0.224 e. The molecule has 1 unspecified atom stereocenters. The van der Waals surface area contributed by atoms with Crippen LogP contribution in [0.3, 0.4) is 0 Å². The maximum absolute atomic E-state index is 4.45. The lowest BCUT2D eigenvalue weighted by atomic mass is 10.1. The molecule has 2 N–H and O–H groups in total. The monoisotopic (exact) mass is 334 g/mol. The van der Waals surface area contributed by atoms with E-state index in [0.717, 1.165) is 23.3 Å². The fourth-order valence-electron chi connectivity index (χ4n) is 1.82. The first-order chi connectivity index (χ1) is 9.69. The summed E-state index contributed by atoms with van der Waals surface area (Å²) in [6, 6.07) is 10.4. The van der Waals surface area contributed by atoms with Crippen molar-refractivity contribution in [3.8, 4) is 0 Å². The van der Waals surface area contributed by atoms with Gasteiger partial charge in [0.2, 0.25) is 5.95 Å². The number of hydrogen-bond donors (Lipinski definition) is 2. The highest BCUT2D eigenvalue weighted by molar-refractivity contribution is 9.10. The van der Waals surface area contributed by atoms with E-state index in [1.807, 2.05) is 18.2 Å². The van der Waals surface area contributed by atoms with E-state index >= 15 is 0 Å². The maximum Gasteiger partial charge on any atom is 0.224 e. The van der Waals surface area contributed by atoms with Crippen LogP contribution in [0.5, 0.6) is 0 Å². The predicted molar refractivity (Wildman–Crippen MR) is 87.0 cm³/mol. The number of nitrogens with zero attached hydrogens (tertiary/aromatic N) is 2. The number of benzene rings is 1. The second kappa shape index (κ2) is 7.24. The summed E-state index contributed by atoms with van der Waals surface area (Å²) in [6.45, 7) is 5.11. The van der Waals surface area contributed by atoms with Gasteiger partial charge in [0.05, 0.1) is 0 Å². The third-order valence-corrected chi connectivity index (χ3v) is 3.45. The van der Waals surface area contributed by atoms with E-state index in [1.54, 1.807) is 6.20 Å². The number of aromatic nitrogens is 2. The average Bonchev–Trinajstić information content (AvgIpc) is 2.46. The van der Waals surface area contributed by atoms with Gasteiger partial charge in [-0.05, 0) is 37.1 Å². The average molecular weight is 335 g/mol. The van der Waals surface area contributed by atoms with Crippen LogP contribution < -0.4 is 10.6 Å². The molecule has 1 atom stereocenters. The van der Waals surface area contributed by atoms with Gasteiger partial charge in [0, 0.05) is 23.3 Å². The molecule has 0 spiro atoms. The first-order valence-corrected chi connectivity index (χ1v) is 7.57. The highest BCUT2D eigenvalue weighted by Crippen LogP contribution is 2.20. The number of rotatable bonds is 6. The Morgan fingerprint density at radius 1 is 1.20 bits per heavy atom. The van der Waals surface area contributed by atoms with Crippen molar-refractivity contribution in [2.75, 3.05) is 17.2 Å². The maximum atomic E-state index is 4.45. The van der Waals surface area contributed by atoms with Crippen molar-refractivity contribution in [1.82, 2.24) is 9.97 Å². The molecule has 1 aromatic heterocycles. The lowest BCUT2D eigenvalue weighted by Gasteiger charge is -2.15. The molecule has 2 rings (SSSR count). The second-order valence-corrected chi connectivity index (χ2v) is 5.53. The fourth-order valence-corrected chi connectivity index (χ4v) is 2.08. The number of anilines is 2. The Labute approximate surface area is 128 Å². The molecule has 0 aliphatic rings. The molecule has 0 saturated heterocycles. The highest BCUT2D eigenvalue weighted by Gasteiger charge is 2.06. The van der Waals surface area contributed by atoms with E-state index in [9.17, 15) is 0 Å². The Morgan fingerprint density at radius 2 is 1.95 bits per heavy atom. The van der Waals surface area contributed by atoms with E-state index in [0.29, 0.717) is 5.95 Å². The van der Waals surface area contributed by atoms with Gasteiger partial charge in [0.1, 0.15) is 5.82 Å². The Kier molecular flexibility index (Phi) is 5.35. The summed E-state index contributed by atoms with van der Waals surface area (Å²) in [4.78, 5) is 8.65. The van der Waals surface area contributed by atoms with E-state index in [4.69, 9.17) is 0 Å². The normalized spacial score (nSPS) is 11.9. The summed E-state index contributed by atoms with van der Waals surface area (Å²) >= 11 is 3.45. The van der Waals surface area contributed by atoms with Crippen molar-refractivity contribution < 1.29 is 0 Å². The Morgan fingerprint density at radius 3 is 2.65 bits per heavy atom. The molecule has 4 nitrogen and oxygen atoms in total. The summed E-state index contributed by atoms with van der Waals surface area (Å²) in [7, 11) is 0. The SMILES string of the molecule is CCCNc1nccc(NC(C)c2ccc(Br)cc2)n1. The van der Waals surface area contributed by atoms with Crippen LogP contribution in [0.1, 0.15) is 31.9 Å². The van der Waals surface area contributed by atoms with Crippen LogP contribution in [0.25, 0.3) is 0 Å². The molecule has 2 aromatic rings. The van der Waals surface area contributed by atoms with Gasteiger partial charge >= 0.3 is 0 Å². The third-order valence-electron chi connectivity index (χ3n) is 2.92. The molecule has 0 fully saturated rings. The Hall–Kier alpha value is -1.62. The summed E-state index contributed by atoms with van der Waals surface area (Å²) in [5.74, 6) is 1.49. The molecular formula is C15H19BrN4. The highest BCUT2D eigenvalue weighted by atomic mass is 79.9. The minimum absolute atomic E-state index is 0.192. The molecule has 106 valence electrons. The predicted octanol–water partition coefficient (Wildman–Crippen LogP) is 4.23. The van der Waals surface area contributed by atoms with Crippen molar-refractivity contribution in [2.24, 2.45) is 0 Å². The summed E-state index contributed by atoms with van der Waals surface area (Å²) in [6.07, 6.45) is 2.82. The molecule has 1 heterocycles. The number of hydrogen-bond acceptors (Lipinski definition) is 4. The third kappa shape index (κ3) is 4.20. The number of nitrogens with one attached hydrogen (secondary N) is 2. The van der Waals surface area contributed by atoms with Crippen LogP contribution in [0.4, 0.5) is 11.8 Å². The first-order valence-electron chi connectivity index (χ1n) is 6.78. The van der Waals surface area contributed by atoms with E-state index in [2.05, 4.69) is 62.5 Å². The van der Waals surface area contributed by atoms with Crippen molar-refractivity contribution in [3.05, 3.63) is 46.6 Å². The van der Waals surface area contributed by atoms with Crippen molar-refractivity contribution in [2.45, 2.75) is 26.3 Å². The van der Waals surface area contributed by atoms with Gasteiger partial charge in [-0.25, -0.2) is 4.98 Å². The second-order valence-electron chi connectivity index (χ2n) is 4.61. The molecule has 0 saturated carbocycles. The van der Waals surface area contributed by atoms with Crippen molar-refractivity contribution in [1.29, 1.82) is 0 Å². The standard InChI is InChI=1S/C15H19BrN4/c1-3-9-17-15-18-10-8-14(20-15)19-11(2)12-4-6-13(16)7-5-12/h4-8,10-11H,3,9H2,1-2H3,(H2,17,18,19,20). The quantitative estimate of drug-likeness (QED) is 0.829. The van der Waals surface area contributed by atoms with Gasteiger partial charge in [-0.3, -0.25) is 0 Å². The summed E-state index contributed by atoms with van der Waals surface area (Å²) < 4.78 is 1.08. The molecule has 0 amide bonds. The van der Waals surface area contributed by atoms with Gasteiger partial charge in [0.15, 0.2) is 0 Å². The zero-order valence-corrected chi connectivity index (χ0v) is 13.3. The molecule has 0 bridgehead atoms. The van der Waals surface area contributed by atoms with Gasteiger partial charge in [-0.2, -0.15) is 4.98 Å². The van der Waals surface area contributed by atoms with Crippen molar-refractivity contribution >= 4 is 27.7 Å². The minimum Gasteiger partial charge on any atom is -0.363 e. The van der Waals surface area contributed by atoms with Crippen molar-refractivity contribution in [3.63, 3.8) is 0 Å². The van der Waals surface area contributed by atoms with Gasteiger partial charge in [-0.15, -0.1) is 0 Å². The molecule has 1 aromatic carbocycles. The minimum atomic E-state index is 0.192. The molecule has 0 aliphatic heterocycles. The van der Waals surface area contributed by atoms with E-state index in [-0.39, 0.29) is 6.04 Å². The molecule has 0 aliphatic carbocycles. The Bertz CT molecular complexity index is 542. The van der Waals surface area contributed by atoms with Gasteiger partial charge in [-0.1, -0.05) is 35.0 Å². The molecule has 20 heavy (non-hydrogen) atoms. The topological polar surface area (TPSA) is 49.8 Å². The van der Waals surface area contributed by atoms with Crippen LogP contribution in [-0.4, -0.2) is 16.5 Å². The molecule has 5 heteroatoms.